The summed E-state index contributed by atoms with van der Waals surface area (Å²) in [5, 5.41) is 1.03. The summed E-state index contributed by atoms with van der Waals surface area (Å²) in [6, 6.07) is 3.99. The first kappa shape index (κ1) is 11.3. The lowest BCUT2D eigenvalue weighted by atomic mass is 10.3. The first-order chi connectivity index (χ1) is 8.70. The van der Waals surface area contributed by atoms with Crippen LogP contribution in [0.15, 0.2) is 28.3 Å². The molecule has 0 bridgehead atoms. The van der Waals surface area contributed by atoms with E-state index in [1.807, 2.05) is 32.1 Å². The van der Waals surface area contributed by atoms with Gasteiger partial charge in [0.05, 0.1) is 23.5 Å². The monoisotopic (exact) mass is 260 g/mol. The van der Waals surface area contributed by atoms with Gasteiger partial charge in [-0.3, -0.25) is 4.40 Å². The van der Waals surface area contributed by atoms with Crippen LogP contribution < -0.4 is 0 Å². The normalized spacial score (nSPS) is 13.6. The zero-order valence-electron chi connectivity index (χ0n) is 10.1. The Morgan fingerprint density at radius 2 is 2.33 bits per heavy atom. The average Bonchev–Trinajstić information content (AvgIpc) is 2.78. The first-order valence-electron chi connectivity index (χ1n) is 5.74. The number of ether oxygens (including phenoxy) is 1. The third kappa shape index (κ3) is 1.62. The van der Waals surface area contributed by atoms with Gasteiger partial charge in [-0.2, -0.15) is 0 Å². The molecule has 0 N–H and O–H groups in total. The summed E-state index contributed by atoms with van der Waals surface area (Å²) in [7, 11) is 0. The van der Waals surface area contributed by atoms with Gasteiger partial charge >= 0.3 is 5.97 Å². The fourth-order valence-corrected chi connectivity index (χ4v) is 3.01. The fraction of sp³-hybridized carbons (Fsp3) is 0.231. The molecule has 0 atom stereocenters. The SMILES string of the molecule is CCOC(=O)C1=Cc2cnc3ccc(C)c(n23)S1. The molecule has 0 saturated carbocycles. The number of hydrogen-bond acceptors (Lipinski definition) is 4. The van der Waals surface area contributed by atoms with Crippen LogP contribution in [0.4, 0.5) is 0 Å². The van der Waals surface area contributed by atoms with E-state index in [0.717, 1.165) is 21.9 Å². The predicted molar refractivity (Wildman–Crippen MR) is 70.4 cm³/mol. The van der Waals surface area contributed by atoms with E-state index in [0.29, 0.717) is 11.5 Å². The summed E-state index contributed by atoms with van der Waals surface area (Å²) in [5.74, 6) is -0.272. The van der Waals surface area contributed by atoms with Crippen LogP contribution in [0.1, 0.15) is 18.2 Å². The lowest BCUT2D eigenvalue weighted by molar-refractivity contribution is -0.137. The maximum atomic E-state index is 11.8. The zero-order valence-corrected chi connectivity index (χ0v) is 11.0. The van der Waals surface area contributed by atoms with Crippen molar-refractivity contribution in [1.82, 2.24) is 9.38 Å². The molecule has 92 valence electrons. The van der Waals surface area contributed by atoms with Crippen LogP contribution in [0.3, 0.4) is 0 Å². The lowest BCUT2D eigenvalue weighted by Gasteiger charge is -2.16. The summed E-state index contributed by atoms with van der Waals surface area (Å²) < 4.78 is 7.11. The van der Waals surface area contributed by atoms with Crippen molar-refractivity contribution >= 4 is 29.5 Å². The van der Waals surface area contributed by atoms with Gasteiger partial charge in [0.25, 0.3) is 0 Å². The Kier molecular flexibility index (Phi) is 2.63. The van der Waals surface area contributed by atoms with Crippen molar-refractivity contribution in [2.24, 2.45) is 0 Å². The lowest BCUT2D eigenvalue weighted by Crippen LogP contribution is -2.09. The summed E-state index contributed by atoms with van der Waals surface area (Å²) in [5.41, 5.74) is 2.95. The highest BCUT2D eigenvalue weighted by Gasteiger charge is 2.22. The van der Waals surface area contributed by atoms with Gasteiger partial charge in [0, 0.05) is 0 Å². The van der Waals surface area contributed by atoms with Crippen LogP contribution in [0.5, 0.6) is 0 Å². The van der Waals surface area contributed by atoms with E-state index in [-0.39, 0.29) is 5.97 Å². The zero-order chi connectivity index (χ0) is 12.7. The molecule has 0 fully saturated rings. The second kappa shape index (κ2) is 4.17. The molecule has 0 amide bonds. The van der Waals surface area contributed by atoms with Crippen LogP contribution in [0.2, 0.25) is 0 Å². The molecule has 2 aromatic rings. The van der Waals surface area contributed by atoms with Gasteiger partial charge in [-0.1, -0.05) is 17.8 Å². The van der Waals surface area contributed by atoms with E-state index in [1.54, 1.807) is 6.20 Å². The summed E-state index contributed by atoms with van der Waals surface area (Å²) in [4.78, 5) is 16.8. The summed E-state index contributed by atoms with van der Waals surface area (Å²) >= 11 is 1.44. The molecule has 5 heteroatoms. The first-order valence-corrected chi connectivity index (χ1v) is 6.56. The third-order valence-electron chi connectivity index (χ3n) is 2.80. The number of rotatable bonds is 2. The average molecular weight is 260 g/mol. The quantitative estimate of drug-likeness (QED) is 0.779. The van der Waals surface area contributed by atoms with Crippen molar-refractivity contribution in [3.8, 4) is 0 Å². The minimum absolute atomic E-state index is 0.272. The standard InChI is InChI=1S/C13H12N2O2S/c1-3-17-13(16)10-6-9-7-14-11-5-4-8(2)12(18-10)15(9)11/h4-7H,3H2,1-2H3. The minimum atomic E-state index is -0.272. The maximum absolute atomic E-state index is 11.8. The van der Waals surface area contributed by atoms with Gasteiger partial charge in [-0.25, -0.2) is 9.78 Å². The Hall–Kier alpha value is -1.75. The van der Waals surface area contributed by atoms with Crippen molar-refractivity contribution < 1.29 is 9.53 Å². The molecule has 0 radical (unpaired) electrons. The van der Waals surface area contributed by atoms with Gasteiger partial charge < -0.3 is 4.74 Å². The van der Waals surface area contributed by atoms with Gasteiger partial charge in [-0.05, 0) is 31.6 Å². The molecule has 18 heavy (non-hydrogen) atoms. The van der Waals surface area contributed by atoms with Crippen molar-refractivity contribution in [3.05, 3.63) is 34.5 Å². The van der Waals surface area contributed by atoms with Crippen LogP contribution in [-0.4, -0.2) is 22.0 Å². The van der Waals surface area contributed by atoms with Crippen molar-refractivity contribution in [2.75, 3.05) is 6.61 Å². The number of hydrogen-bond donors (Lipinski definition) is 0. The highest BCUT2D eigenvalue weighted by Crippen LogP contribution is 2.36. The molecule has 0 unspecified atom stereocenters. The Balaban J connectivity index is 2.14. The fourth-order valence-electron chi connectivity index (χ4n) is 1.96. The number of nitrogens with zero attached hydrogens (tertiary/aromatic N) is 2. The highest BCUT2D eigenvalue weighted by atomic mass is 32.2. The molecular formula is C13H12N2O2S. The summed E-state index contributed by atoms with van der Waals surface area (Å²) in [6.45, 7) is 4.22. The van der Waals surface area contributed by atoms with Crippen LogP contribution >= 0.6 is 11.8 Å². The number of imidazole rings is 1. The molecule has 3 heterocycles. The second-order valence-corrected chi connectivity index (χ2v) is 5.06. The van der Waals surface area contributed by atoms with Crippen molar-refractivity contribution in [1.29, 1.82) is 0 Å². The predicted octanol–water partition coefficient (Wildman–Crippen LogP) is 2.65. The van der Waals surface area contributed by atoms with Gasteiger partial charge in [0.1, 0.15) is 10.6 Å². The molecule has 4 nitrogen and oxygen atoms in total. The van der Waals surface area contributed by atoms with E-state index < -0.39 is 0 Å². The Labute approximate surface area is 109 Å². The molecule has 3 rings (SSSR count). The molecule has 1 aliphatic rings. The van der Waals surface area contributed by atoms with Gasteiger partial charge in [0.2, 0.25) is 0 Å². The molecule has 0 aromatic carbocycles. The number of carbonyl (C=O) groups is 1. The van der Waals surface area contributed by atoms with E-state index in [2.05, 4.69) is 9.38 Å². The number of esters is 1. The van der Waals surface area contributed by atoms with Crippen molar-refractivity contribution in [3.63, 3.8) is 0 Å². The van der Waals surface area contributed by atoms with E-state index >= 15 is 0 Å². The molecule has 1 aliphatic heterocycles. The number of carbonyl (C=O) groups excluding carboxylic acids is 1. The minimum Gasteiger partial charge on any atom is -0.462 e. The van der Waals surface area contributed by atoms with E-state index in [9.17, 15) is 4.79 Å². The number of aromatic nitrogens is 2. The largest absolute Gasteiger partial charge is 0.462 e. The van der Waals surface area contributed by atoms with Crippen LogP contribution in [0.25, 0.3) is 11.7 Å². The molecular weight excluding hydrogens is 248 g/mol. The number of aryl methyl sites for hydroxylation is 1. The number of pyridine rings is 1. The second-order valence-electron chi connectivity index (χ2n) is 4.03. The number of thioether (sulfide) groups is 1. The van der Waals surface area contributed by atoms with Crippen molar-refractivity contribution in [2.45, 2.75) is 18.9 Å². The van der Waals surface area contributed by atoms with Crippen LogP contribution in [0, 0.1) is 6.92 Å². The Bertz CT molecular complexity index is 673. The van der Waals surface area contributed by atoms with E-state index in [4.69, 9.17) is 4.74 Å². The van der Waals surface area contributed by atoms with Gasteiger partial charge in [-0.15, -0.1) is 0 Å². The smallest absolute Gasteiger partial charge is 0.345 e. The topological polar surface area (TPSA) is 43.6 Å². The van der Waals surface area contributed by atoms with E-state index in [1.165, 1.54) is 11.8 Å². The van der Waals surface area contributed by atoms with Crippen LogP contribution in [-0.2, 0) is 9.53 Å². The Morgan fingerprint density at radius 1 is 1.50 bits per heavy atom. The molecule has 0 aliphatic carbocycles. The molecule has 0 saturated heterocycles. The molecule has 2 aromatic heterocycles. The maximum Gasteiger partial charge on any atom is 0.345 e. The third-order valence-corrected chi connectivity index (χ3v) is 4.00. The molecule has 0 spiro atoms. The van der Waals surface area contributed by atoms with Gasteiger partial charge in [0.15, 0.2) is 0 Å². The Morgan fingerprint density at radius 3 is 3.11 bits per heavy atom. The highest BCUT2D eigenvalue weighted by molar-refractivity contribution is 8.04. The summed E-state index contributed by atoms with van der Waals surface area (Å²) in [6.07, 6.45) is 3.60.